The van der Waals surface area contributed by atoms with Crippen molar-refractivity contribution in [1.29, 1.82) is 0 Å². The summed E-state index contributed by atoms with van der Waals surface area (Å²) >= 11 is 0. The van der Waals surface area contributed by atoms with Gasteiger partial charge in [0, 0.05) is 12.6 Å². The van der Waals surface area contributed by atoms with E-state index in [2.05, 4.69) is 34.6 Å². The zero-order valence-electron chi connectivity index (χ0n) is 10.9. The van der Waals surface area contributed by atoms with Gasteiger partial charge in [-0.15, -0.1) is 0 Å². The van der Waals surface area contributed by atoms with E-state index in [1.165, 1.54) is 0 Å². The predicted octanol–water partition coefficient (Wildman–Crippen LogP) is 3.83. The van der Waals surface area contributed by atoms with Crippen molar-refractivity contribution in [3.05, 3.63) is 0 Å². The van der Waals surface area contributed by atoms with Crippen molar-refractivity contribution in [2.75, 3.05) is 6.16 Å². The fourth-order valence-corrected chi connectivity index (χ4v) is 3.20. The van der Waals surface area contributed by atoms with Gasteiger partial charge in [-0.1, -0.05) is 34.6 Å². The minimum absolute atomic E-state index is 0.0378. The Morgan fingerprint density at radius 2 is 1.75 bits per heavy atom. The largest absolute Gasteiger partial charge is 0.481 e. The molecule has 0 saturated carbocycles. The Bertz CT molecular complexity index is 253. The topological polar surface area (TPSA) is 54.4 Å². The van der Waals surface area contributed by atoms with Gasteiger partial charge in [-0.25, -0.2) is 0 Å². The van der Waals surface area contributed by atoms with Gasteiger partial charge in [0.2, 0.25) is 0 Å². The Labute approximate surface area is 99.8 Å². The van der Waals surface area contributed by atoms with Gasteiger partial charge in [-0.3, -0.25) is 9.36 Å². The Morgan fingerprint density at radius 1 is 1.25 bits per heavy atom. The van der Waals surface area contributed by atoms with Gasteiger partial charge in [0.1, 0.15) is 0 Å². The molecule has 0 aromatic carbocycles. The van der Waals surface area contributed by atoms with Crippen LogP contribution in [0.1, 0.15) is 47.5 Å². The molecule has 1 N–H and O–H groups in total. The van der Waals surface area contributed by atoms with Gasteiger partial charge in [-0.05, 0) is 23.2 Å². The van der Waals surface area contributed by atoms with Crippen molar-refractivity contribution in [2.45, 2.75) is 47.5 Å². The SMILES string of the molecule is CC(C)(C)CC(C)(C)[C@H](CP=O)CC(=O)O. The summed E-state index contributed by atoms with van der Waals surface area (Å²) in [7, 11) is 0.0378. The van der Waals surface area contributed by atoms with E-state index in [1.54, 1.807) is 0 Å². The van der Waals surface area contributed by atoms with Crippen LogP contribution >= 0.6 is 8.46 Å². The molecule has 0 spiro atoms. The van der Waals surface area contributed by atoms with Crippen LogP contribution in [0.3, 0.4) is 0 Å². The zero-order chi connectivity index (χ0) is 13.0. The van der Waals surface area contributed by atoms with Crippen LogP contribution < -0.4 is 0 Å². The van der Waals surface area contributed by atoms with E-state index < -0.39 is 5.97 Å². The van der Waals surface area contributed by atoms with Gasteiger partial charge >= 0.3 is 5.97 Å². The van der Waals surface area contributed by atoms with Crippen molar-refractivity contribution in [1.82, 2.24) is 0 Å². The summed E-state index contributed by atoms with van der Waals surface area (Å²) in [6.45, 7) is 10.6. The lowest BCUT2D eigenvalue weighted by Gasteiger charge is -2.37. The lowest BCUT2D eigenvalue weighted by molar-refractivity contribution is -0.139. The van der Waals surface area contributed by atoms with Gasteiger partial charge in [-0.2, -0.15) is 0 Å². The average Bonchev–Trinajstić information content (AvgIpc) is 1.97. The lowest BCUT2D eigenvalue weighted by Crippen LogP contribution is -2.32. The van der Waals surface area contributed by atoms with Crippen molar-refractivity contribution in [3.63, 3.8) is 0 Å². The summed E-state index contributed by atoms with van der Waals surface area (Å²) in [5, 5.41) is 8.87. The first-order valence-corrected chi connectivity index (χ1v) is 6.59. The first-order chi connectivity index (χ1) is 7.08. The third-order valence-corrected chi connectivity index (χ3v) is 3.40. The van der Waals surface area contributed by atoms with Crippen LogP contribution in [0.2, 0.25) is 0 Å². The van der Waals surface area contributed by atoms with E-state index in [0.717, 1.165) is 6.42 Å². The highest BCUT2D eigenvalue weighted by Gasteiger charge is 2.34. The number of aliphatic carboxylic acids is 1. The van der Waals surface area contributed by atoms with Crippen LogP contribution in [0, 0.1) is 16.7 Å². The third-order valence-electron chi connectivity index (χ3n) is 2.81. The Morgan fingerprint density at radius 3 is 2.06 bits per heavy atom. The predicted molar refractivity (Wildman–Crippen MR) is 66.1 cm³/mol. The van der Waals surface area contributed by atoms with E-state index in [4.69, 9.17) is 5.11 Å². The minimum atomic E-state index is -0.810. The van der Waals surface area contributed by atoms with E-state index in [0.29, 0.717) is 6.16 Å². The van der Waals surface area contributed by atoms with Crippen LogP contribution in [-0.2, 0) is 9.36 Å². The highest BCUT2D eigenvalue weighted by Crippen LogP contribution is 2.41. The second kappa shape index (κ2) is 5.77. The molecule has 0 aliphatic carbocycles. The molecule has 0 aliphatic rings. The first-order valence-electron chi connectivity index (χ1n) is 5.59. The second-order valence-corrected chi connectivity index (χ2v) is 6.96. The molecule has 0 radical (unpaired) electrons. The number of carbonyl (C=O) groups is 1. The highest BCUT2D eigenvalue weighted by atomic mass is 31.1. The number of carboxylic acid groups (broad SMARTS) is 1. The summed E-state index contributed by atoms with van der Waals surface area (Å²) in [4.78, 5) is 10.8. The molecular formula is C12H23O3P. The van der Waals surface area contributed by atoms with E-state index in [-0.39, 0.29) is 31.6 Å². The van der Waals surface area contributed by atoms with Crippen LogP contribution in [0.15, 0.2) is 0 Å². The van der Waals surface area contributed by atoms with Crippen LogP contribution in [0.25, 0.3) is 0 Å². The van der Waals surface area contributed by atoms with Gasteiger partial charge in [0.25, 0.3) is 0 Å². The molecule has 0 aliphatic heterocycles. The lowest BCUT2D eigenvalue weighted by atomic mass is 9.68. The van der Waals surface area contributed by atoms with Gasteiger partial charge in [0.15, 0.2) is 8.46 Å². The monoisotopic (exact) mass is 246 g/mol. The summed E-state index contributed by atoms with van der Waals surface area (Å²) in [5.41, 5.74) is 0.0497. The van der Waals surface area contributed by atoms with E-state index in [1.807, 2.05) is 0 Å². The van der Waals surface area contributed by atoms with Crippen molar-refractivity contribution in [2.24, 2.45) is 16.7 Å². The summed E-state index contributed by atoms with van der Waals surface area (Å²) in [6, 6.07) is 0. The molecule has 0 heterocycles. The van der Waals surface area contributed by atoms with Gasteiger partial charge < -0.3 is 5.11 Å². The van der Waals surface area contributed by atoms with E-state index >= 15 is 0 Å². The Hall–Kier alpha value is -0.430. The van der Waals surface area contributed by atoms with Crippen molar-refractivity contribution >= 4 is 14.4 Å². The molecule has 0 bridgehead atoms. The number of hydrogen-bond acceptors (Lipinski definition) is 2. The molecule has 16 heavy (non-hydrogen) atoms. The molecule has 0 fully saturated rings. The van der Waals surface area contributed by atoms with E-state index in [9.17, 15) is 9.36 Å². The van der Waals surface area contributed by atoms with Gasteiger partial charge in [0.05, 0.1) is 0 Å². The van der Waals surface area contributed by atoms with Crippen LogP contribution in [0.5, 0.6) is 0 Å². The molecule has 0 aromatic heterocycles. The standard InChI is InChI=1S/C12H23O3P/c1-11(2,3)8-12(4,5)9(7-16-15)6-10(13)14/h9H,6-8H2,1-5H3,(H,13,14)/t9-/m0/s1. The molecule has 0 amide bonds. The van der Waals surface area contributed by atoms with Crippen molar-refractivity contribution < 1.29 is 14.5 Å². The smallest absolute Gasteiger partial charge is 0.303 e. The quantitative estimate of drug-likeness (QED) is 0.724. The van der Waals surface area contributed by atoms with Crippen LogP contribution in [-0.4, -0.2) is 17.2 Å². The Kier molecular flexibility index (Phi) is 5.61. The Balaban J connectivity index is 4.73. The normalized spacial score (nSPS) is 15.1. The summed E-state index contributed by atoms with van der Waals surface area (Å²) in [5.74, 6) is -0.848. The second-order valence-electron chi connectivity index (χ2n) is 6.33. The summed E-state index contributed by atoms with van der Waals surface area (Å²) in [6.07, 6.45) is 1.45. The number of carboxylic acids is 1. The molecule has 0 aromatic rings. The molecule has 0 unspecified atom stereocenters. The maximum atomic E-state index is 10.8. The maximum absolute atomic E-state index is 10.8. The fraction of sp³-hybridized carbons (Fsp3) is 0.917. The van der Waals surface area contributed by atoms with Crippen LogP contribution in [0.4, 0.5) is 0 Å². The first kappa shape index (κ1) is 15.6. The molecular weight excluding hydrogens is 223 g/mol. The maximum Gasteiger partial charge on any atom is 0.303 e. The van der Waals surface area contributed by atoms with Crippen molar-refractivity contribution in [3.8, 4) is 0 Å². The molecule has 4 heteroatoms. The number of hydrogen-bond donors (Lipinski definition) is 1. The molecule has 3 nitrogen and oxygen atoms in total. The molecule has 94 valence electrons. The molecule has 1 atom stereocenters. The molecule has 0 saturated heterocycles. The highest BCUT2D eigenvalue weighted by molar-refractivity contribution is 7.23. The number of rotatable bonds is 6. The third kappa shape index (κ3) is 6.22. The fourth-order valence-electron chi connectivity index (χ4n) is 2.40. The summed E-state index contributed by atoms with van der Waals surface area (Å²) < 4.78 is 10.7. The average molecular weight is 246 g/mol. The minimum Gasteiger partial charge on any atom is -0.481 e. The zero-order valence-corrected chi connectivity index (χ0v) is 11.8. The molecule has 0 rings (SSSR count).